The molecule has 4 rings (SSSR count). The van der Waals surface area contributed by atoms with Gasteiger partial charge in [0.1, 0.15) is 0 Å². The SMILES string of the molecule is Cc1ccc(-c2c(-c3ccccc3)[nH]c3ccccc3c2=O)cc1. The van der Waals surface area contributed by atoms with E-state index in [0.717, 1.165) is 27.9 Å². The number of aromatic nitrogens is 1. The molecule has 1 N–H and O–H groups in total. The molecule has 2 heteroatoms. The van der Waals surface area contributed by atoms with Gasteiger partial charge in [0.2, 0.25) is 0 Å². The molecule has 4 aromatic rings. The minimum atomic E-state index is 0.0621. The second-order valence-electron chi connectivity index (χ2n) is 5.98. The number of aryl methyl sites for hydroxylation is 1. The maximum Gasteiger partial charge on any atom is 0.197 e. The Labute approximate surface area is 140 Å². The van der Waals surface area contributed by atoms with Gasteiger partial charge in [-0.1, -0.05) is 72.3 Å². The quantitative estimate of drug-likeness (QED) is 0.544. The molecule has 0 amide bonds. The molecule has 1 aromatic heterocycles. The van der Waals surface area contributed by atoms with Crippen LogP contribution < -0.4 is 5.43 Å². The summed E-state index contributed by atoms with van der Waals surface area (Å²) in [6.07, 6.45) is 0. The molecule has 0 fully saturated rings. The number of fused-ring (bicyclic) bond motifs is 1. The third-order valence-corrected chi connectivity index (χ3v) is 4.31. The van der Waals surface area contributed by atoms with Gasteiger partial charge in [-0.05, 0) is 30.2 Å². The number of para-hydroxylation sites is 1. The van der Waals surface area contributed by atoms with Crippen LogP contribution in [0.3, 0.4) is 0 Å². The molecule has 1 heterocycles. The van der Waals surface area contributed by atoms with Gasteiger partial charge < -0.3 is 4.98 Å². The summed E-state index contributed by atoms with van der Waals surface area (Å²) in [5, 5.41) is 0.716. The Kier molecular flexibility index (Phi) is 3.51. The zero-order valence-corrected chi connectivity index (χ0v) is 13.4. The second kappa shape index (κ2) is 5.82. The minimum Gasteiger partial charge on any atom is -0.354 e. The predicted octanol–water partition coefficient (Wildman–Crippen LogP) is 5.17. The fraction of sp³-hybridized carbons (Fsp3) is 0.0455. The topological polar surface area (TPSA) is 32.9 Å². The van der Waals surface area contributed by atoms with E-state index in [0.29, 0.717) is 5.39 Å². The van der Waals surface area contributed by atoms with Gasteiger partial charge in [0.15, 0.2) is 5.43 Å². The molecule has 0 aliphatic rings. The Morgan fingerprint density at radius 3 is 2.12 bits per heavy atom. The highest BCUT2D eigenvalue weighted by Gasteiger charge is 2.15. The number of hydrogen-bond donors (Lipinski definition) is 1. The molecule has 0 atom stereocenters. The Morgan fingerprint density at radius 1 is 0.708 bits per heavy atom. The molecule has 0 spiro atoms. The summed E-state index contributed by atoms with van der Waals surface area (Å²) in [5.74, 6) is 0. The molecule has 0 aliphatic carbocycles. The highest BCUT2D eigenvalue weighted by Crippen LogP contribution is 2.29. The van der Waals surface area contributed by atoms with E-state index in [9.17, 15) is 4.79 Å². The van der Waals surface area contributed by atoms with E-state index in [1.54, 1.807) is 0 Å². The van der Waals surface area contributed by atoms with E-state index in [1.165, 1.54) is 5.56 Å². The van der Waals surface area contributed by atoms with E-state index in [-0.39, 0.29) is 5.43 Å². The van der Waals surface area contributed by atoms with Crippen LogP contribution in [-0.2, 0) is 0 Å². The maximum absolute atomic E-state index is 13.2. The maximum atomic E-state index is 13.2. The van der Waals surface area contributed by atoms with Crippen molar-refractivity contribution < 1.29 is 0 Å². The zero-order chi connectivity index (χ0) is 16.5. The lowest BCUT2D eigenvalue weighted by molar-refractivity contribution is 1.37. The highest BCUT2D eigenvalue weighted by molar-refractivity contribution is 5.91. The first kappa shape index (κ1) is 14.5. The predicted molar refractivity (Wildman–Crippen MR) is 100 cm³/mol. The van der Waals surface area contributed by atoms with Gasteiger partial charge in [-0.2, -0.15) is 0 Å². The van der Waals surface area contributed by atoms with E-state index < -0.39 is 0 Å². The molecule has 2 nitrogen and oxygen atoms in total. The number of hydrogen-bond acceptors (Lipinski definition) is 1. The summed E-state index contributed by atoms with van der Waals surface area (Å²) in [5.41, 5.74) is 5.63. The van der Waals surface area contributed by atoms with Crippen molar-refractivity contribution in [3.8, 4) is 22.4 Å². The number of pyridine rings is 1. The van der Waals surface area contributed by atoms with Crippen molar-refractivity contribution in [2.75, 3.05) is 0 Å². The number of benzene rings is 3. The molecular formula is C22H17NO. The number of H-pyrrole nitrogens is 1. The van der Waals surface area contributed by atoms with Crippen LogP contribution in [0.15, 0.2) is 83.7 Å². The summed E-state index contributed by atoms with van der Waals surface area (Å²) in [6, 6.07) is 25.8. The number of aromatic amines is 1. The van der Waals surface area contributed by atoms with Crippen LogP contribution in [0.1, 0.15) is 5.56 Å². The summed E-state index contributed by atoms with van der Waals surface area (Å²) in [7, 11) is 0. The van der Waals surface area contributed by atoms with Crippen molar-refractivity contribution in [3.05, 3.63) is 94.6 Å². The molecule has 0 bridgehead atoms. The Balaban J connectivity index is 2.11. The van der Waals surface area contributed by atoms with E-state index in [2.05, 4.69) is 4.98 Å². The van der Waals surface area contributed by atoms with Gasteiger partial charge in [0.05, 0.1) is 11.3 Å². The molecule has 0 saturated carbocycles. The third kappa shape index (κ3) is 2.42. The number of rotatable bonds is 2. The number of nitrogens with one attached hydrogen (secondary N) is 1. The Hall–Kier alpha value is -3.13. The second-order valence-corrected chi connectivity index (χ2v) is 5.98. The lowest BCUT2D eigenvalue weighted by atomic mass is 9.96. The summed E-state index contributed by atoms with van der Waals surface area (Å²) < 4.78 is 0. The van der Waals surface area contributed by atoms with Crippen LogP contribution in [-0.4, -0.2) is 4.98 Å². The van der Waals surface area contributed by atoms with Crippen LogP contribution in [0.5, 0.6) is 0 Å². The molecule has 0 radical (unpaired) electrons. The van der Waals surface area contributed by atoms with Crippen LogP contribution in [0.25, 0.3) is 33.3 Å². The molecule has 3 aromatic carbocycles. The monoisotopic (exact) mass is 311 g/mol. The molecular weight excluding hydrogens is 294 g/mol. The summed E-state index contributed by atoms with van der Waals surface area (Å²) >= 11 is 0. The van der Waals surface area contributed by atoms with Crippen molar-refractivity contribution in [1.82, 2.24) is 4.98 Å². The highest BCUT2D eigenvalue weighted by atomic mass is 16.1. The standard InChI is InChI=1S/C22H17NO/c1-15-11-13-16(14-12-15)20-21(17-7-3-2-4-8-17)23-19-10-6-5-9-18(19)22(20)24/h2-14H,1H3,(H,23,24). The third-order valence-electron chi connectivity index (χ3n) is 4.31. The average Bonchev–Trinajstić information content (AvgIpc) is 2.63. The van der Waals surface area contributed by atoms with E-state index >= 15 is 0 Å². The minimum absolute atomic E-state index is 0.0621. The summed E-state index contributed by atoms with van der Waals surface area (Å²) in [4.78, 5) is 16.7. The lowest BCUT2D eigenvalue weighted by Gasteiger charge is -2.12. The van der Waals surface area contributed by atoms with Crippen molar-refractivity contribution in [1.29, 1.82) is 0 Å². The zero-order valence-electron chi connectivity index (χ0n) is 13.4. The molecule has 24 heavy (non-hydrogen) atoms. The fourth-order valence-electron chi connectivity index (χ4n) is 3.05. The van der Waals surface area contributed by atoms with Gasteiger partial charge >= 0.3 is 0 Å². The van der Waals surface area contributed by atoms with E-state index in [1.807, 2.05) is 85.8 Å². The first-order valence-electron chi connectivity index (χ1n) is 8.01. The smallest absolute Gasteiger partial charge is 0.197 e. The molecule has 0 aliphatic heterocycles. The molecule has 0 unspecified atom stereocenters. The largest absolute Gasteiger partial charge is 0.354 e. The van der Waals surface area contributed by atoms with Crippen molar-refractivity contribution in [2.45, 2.75) is 6.92 Å². The lowest BCUT2D eigenvalue weighted by Crippen LogP contribution is -2.09. The van der Waals surface area contributed by atoms with Crippen molar-refractivity contribution in [3.63, 3.8) is 0 Å². The normalized spacial score (nSPS) is 10.9. The fourth-order valence-corrected chi connectivity index (χ4v) is 3.05. The molecule has 0 saturated heterocycles. The average molecular weight is 311 g/mol. The first-order chi connectivity index (χ1) is 11.7. The van der Waals surface area contributed by atoms with Gasteiger partial charge in [-0.3, -0.25) is 4.79 Å². The van der Waals surface area contributed by atoms with Crippen molar-refractivity contribution >= 4 is 10.9 Å². The van der Waals surface area contributed by atoms with Gasteiger partial charge in [-0.15, -0.1) is 0 Å². The van der Waals surface area contributed by atoms with Gasteiger partial charge in [0.25, 0.3) is 0 Å². The molecule has 116 valence electrons. The van der Waals surface area contributed by atoms with Crippen molar-refractivity contribution in [2.24, 2.45) is 0 Å². The van der Waals surface area contributed by atoms with Crippen LogP contribution in [0, 0.1) is 6.92 Å². The van der Waals surface area contributed by atoms with Crippen LogP contribution >= 0.6 is 0 Å². The van der Waals surface area contributed by atoms with Crippen LogP contribution in [0.4, 0.5) is 0 Å². The Bertz CT molecular complexity index is 1060. The van der Waals surface area contributed by atoms with E-state index in [4.69, 9.17) is 0 Å². The van der Waals surface area contributed by atoms with Gasteiger partial charge in [0, 0.05) is 10.9 Å². The summed E-state index contributed by atoms with van der Waals surface area (Å²) in [6.45, 7) is 2.05. The first-order valence-corrected chi connectivity index (χ1v) is 8.01. The van der Waals surface area contributed by atoms with Gasteiger partial charge in [-0.25, -0.2) is 0 Å². The van der Waals surface area contributed by atoms with Crippen LogP contribution in [0.2, 0.25) is 0 Å². The Morgan fingerprint density at radius 2 is 1.38 bits per heavy atom.